The van der Waals surface area contributed by atoms with E-state index in [1.807, 2.05) is 5.32 Å². The fourth-order valence-electron chi connectivity index (χ4n) is 2.83. The Bertz CT molecular complexity index is 1170. The third-order valence-corrected chi connectivity index (χ3v) is 4.09. The maximum atomic E-state index is 12.8. The number of carboxylic acids is 1. The molecule has 0 radical (unpaired) electrons. The number of amides is 1. The van der Waals surface area contributed by atoms with Crippen LogP contribution in [0, 0.1) is 0 Å². The third-order valence-electron chi connectivity index (χ3n) is 4.09. The van der Waals surface area contributed by atoms with Crippen LogP contribution in [0.15, 0.2) is 51.7 Å². The number of carbonyl (C=O) groups excluding carboxylic acids is 1. The molecule has 2 aromatic carbocycles. The molecule has 0 saturated heterocycles. The van der Waals surface area contributed by atoms with Crippen molar-refractivity contribution >= 4 is 22.6 Å². The monoisotopic (exact) mass is 407 g/mol. The highest BCUT2D eigenvalue weighted by atomic mass is 19.4. The minimum absolute atomic E-state index is 0.0797. The Labute approximate surface area is 160 Å². The first kappa shape index (κ1) is 19.9. The Morgan fingerprint density at radius 3 is 2.31 bits per heavy atom. The number of benzene rings is 2. The molecular formula is C19H12F3NO6. The van der Waals surface area contributed by atoms with Crippen molar-refractivity contribution in [1.29, 1.82) is 0 Å². The summed E-state index contributed by atoms with van der Waals surface area (Å²) in [5.41, 5.74) is -1.94. The van der Waals surface area contributed by atoms with Gasteiger partial charge in [0.15, 0.2) is 0 Å². The summed E-state index contributed by atoms with van der Waals surface area (Å²) in [6, 6.07) is 8.17. The van der Waals surface area contributed by atoms with Crippen LogP contribution in [0.2, 0.25) is 0 Å². The highest BCUT2D eigenvalue weighted by Gasteiger charge is 2.30. The first-order chi connectivity index (χ1) is 13.6. The smallest absolute Gasteiger partial charge is 0.416 e. The summed E-state index contributed by atoms with van der Waals surface area (Å²) >= 11 is 0. The lowest BCUT2D eigenvalue weighted by Crippen LogP contribution is -2.29. The molecule has 0 aliphatic heterocycles. The lowest BCUT2D eigenvalue weighted by atomic mass is 9.95. The number of fused-ring (bicyclic) bond motifs is 1. The summed E-state index contributed by atoms with van der Waals surface area (Å²) in [5.74, 6) is -3.41. The van der Waals surface area contributed by atoms with Crippen molar-refractivity contribution in [2.24, 2.45) is 0 Å². The van der Waals surface area contributed by atoms with E-state index in [2.05, 4.69) is 4.42 Å². The van der Waals surface area contributed by atoms with Crippen molar-refractivity contribution < 1.29 is 37.4 Å². The van der Waals surface area contributed by atoms with Gasteiger partial charge < -0.3 is 19.9 Å². The Morgan fingerprint density at radius 2 is 1.72 bits per heavy atom. The molecule has 0 unspecified atom stereocenters. The summed E-state index contributed by atoms with van der Waals surface area (Å²) in [5, 5.41) is 20.6. The van der Waals surface area contributed by atoms with Gasteiger partial charge in [0, 0.05) is 5.39 Å². The van der Waals surface area contributed by atoms with Gasteiger partial charge in [-0.05, 0) is 29.3 Å². The Balaban J connectivity index is 2.24. The topological polar surface area (TPSA) is 117 Å². The number of rotatable bonds is 4. The maximum absolute atomic E-state index is 12.8. The van der Waals surface area contributed by atoms with Crippen LogP contribution in [-0.2, 0) is 11.0 Å². The van der Waals surface area contributed by atoms with Gasteiger partial charge in [-0.3, -0.25) is 9.59 Å². The molecule has 29 heavy (non-hydrogen) atoms. The normalized spacial score (nSPS) is 11.4. The molecule has 3 aromatic rings. The van der Waals surface area contributed by atoms with Crippen molar-refractivity contribution in [1.82, 2.24) is 5.32 Å². The number of aliphatic carboxylic acids is 1. The van der Waals surface area contributed by atoms with Gasteiger partial charge in [-0.15, -0.1) is 0 Å². The lowest BCUT2D eigenvalue weighted by molar-refractivity contribution is -0.137. The number of halogens is 3. The van der Waals surface area contributed by atoms with Gasteiger partial charge in [0.1, 0.15) is 12.1 Å². The largest absolute Gasteiger partial charge is 0.480 e. The third kappa shape index (κ3) is 3.91. The molecule has 0 spiro atoms. The van der Waals surface area contributed by atoms with Crippen molar-refractivity contribution in [2.75, 3.05) is 6.54 Å². The van der Waals surface area contributed by atoms with Crippen LogP contribution in [0.5, 0.6) is 5.95 Å². The molecule has 1 aromatic heterocycles. The number of carbonyl (C=O) groups is 2. The molecule has 0 saturated carbocycles. The lowest BCUT2D eigenvalue weighted by Gasteiger charge is -2.13. The van der Waals surface area contributed by atoms with Crippen LogP contribution in [0.25, 0.3) is 21.9 Å². The molecule has 3 rings (SSSR count). The first-order valence-electron chi connectivity index (χ1n) is 8.06. The first-order valence-corrected chi connectivity index (χ1v) is 8.06. The van der Waals surface area contributed by atoms with Crippen LogP contribution in [0.4, 0.5) is 13.2 Å². The van der Waals surface area contributed by atoms with E-state index in [-0.39, 0.29) is 21.9 Å². The van der Waals surface area contributed by atoms with Gasteiger partial charge in [0.05, 0.1) is 10.9 Å². The van der Waals surface area contributed by atoms with E-state index < -0.39 is 47.3 Å². The molecule has 0 aliphatic carbocycles. The Hall–Kier alpha value is -3.82. The van der Waals surface area contributed by atoms with Crippen molar-refractivity contribution in [3.05, 3.63) is 64.0 Å². The van der Waals surface area contributed by atoms with Gasteiger partial charge >= 0.3 is 17.8 Å². The van der Waals surface area contributed by atoms with E-state index in [9.17, 15) is 32.7 Å². The molecule has 150 valence electrons. The Morgan fingerprint density at radius 1 is 1.07 bits per heavy atom. The number of nitrogens with one attached hydrogen (secondary N) is 1. The summed E-state index contributed by atoms with van der Waals surface area (Å²) in [6.45, 7) is -0.763. The molecule has 7 nitrogen and oxygen atoms in total. The van der Waals surface area contributed by atoms with Crippen LogP contribution in [-0.4, -0.2) is 28.6 Å². The van der Waals surface area contributed by atoms with Crippen LogP contribution in [0.1, 0.15) is 15.9 Å². The Kier molecular flexibility index (Phi) is 5.02. The number of hydrogen-bond acceptors (Lipinski definition) is 5. The molecule has 0 aliphatic rings. The van der Waals surface area contributed by atoms with Crippen LogP contribution >= 0.6 is 0 Å². The highest BCUT2D eigenvalue weighted by Crippen LogP contribution is 2.35. The van der Waals surface area contributed by atoms with Crippen LogP contribution in [0.3, 0.4) is 0 Å². The maximum Gasteiger partial charge on any atom is 0.416 e. The summed E-state index contributed by atoms with van der Waals surface area (Å²) in [7, 11) is 0. The average molecular weight is 407 g/mol. The van der Waals surface area contributed by atoms with Crippen molar-refractivity contribution in [2.45, 2.75) is 6.18 Å². The molecule has 0 atom stereocenters. The van der Waals surface area contributed by atoms with E-state index in [0.717, 1.165) is 24.3 Å². The van der Waals surface area contributed by atoms with E-state index in [1.165, 1.54) is 18.2 Å². The van der Waals surface area contributed by atoms with E-state index >= 15 is 0 Å². The molecule has 1 heterocycles. The van der Waals surface area contributed by atoms with Crippen molar-refractivity contribution in [3.8, 4) is 17.1 Å². The molecule has 0 fully saturated rings. The summed E-state index contributed by atoms with van der Waals surface area (Å²) < 4.78 is 43.1. The van der Waals surface area contributed by atoms with E-state index in [4.69, 9.17) is 5.11 Å². The number of carboxylic acid groups (broad SMARTS) is 1. The van der Waals surface area contributed by atoms with Gasteiger partial charge in [-0.2, -0.15) is 13.2 Å². The SMILES string of the molecule is O=C(O)CNC(=O)c1c(O)oc(=O)c2cccc(-c3ccc(C(F)(F)F)cc3)c12. The van der Waals surface area contributed by atoms with E-state index in [1.54, 1.807) is 0 Å². The summed E-state index contributed by atoms with van der Waals surface area (Å²) in [6.07, 6.45) is -4.54. The highest BCUT2D eigenvalue weighted by molar-refractivity contribution is 6.13. The zero-order valence-corrected chi connectivity index (χ0v) is 14.4. The minimum Gasteiger partial charge on any atom is -0.480 e. The standard InChI is InChI=1S/C19H12F3NO6/c20-19(21,22)10-6-4-9(5-7-10)11-2-1-3-12-14(11)15(18(28)29-17(12)27)16(26)23-8-13(24)25/h1-7,28H,8H2,(H,23,26)(H,24,25). The number of aromatic hydroxyl groups is 1. The zero-order valence-electron chi connectivity index (χ0n) is 14.4. The molecular weight excluding hydrogens is 395 g/mol. The fourth-order valence-corrected chi connectivity index (χ4v) is 2.83. The molecule has 0 bridgehead atoms. The average Bonchev–Trinajstić information content (AvgIpc) is 2.65. The van der Waals surface area contributed by atoms with Gasteiger partial charge in [-0.25, -0.2) is 4.79 Å². The molecule has 3 N–H and O–H groups in total. The van der Waals surface area contributed by atoms with Crippen LogP contribution < -0.4 is 10.9 Å². The van der Waals surface area contributed by atoms with Crippen molar-refractivity contribution in [3.63, 3.8) is 0 Å². The second kappa shape index (κ2) is 7.30. The summed E-state index contributed by atoms with van der Waals surface area (Å²) in [4.78, 5) is 35.2. The number of hydrogen-bond donors (Lipinski definition) is 3. The predicted octanol–water partition coefficient (Wildman–Crippen LogP) is 3.00. The van der Waals surface area contributed by atoms with E-state index in [0.29, 0.717) is 0 Å². The molecule has 10 heteroatoms. The van der Waals surface area contributed by atoms with Gasteiger partial charge in [0.2, 0.25) is 0 Å². The fraction of sp³-hybridized carbons (Fsp3) is 0.105. The zero-order chi connectivity index (χ0) is 21.3. The predicted molar refractivity (Wildman–Crippen MR) is 94.6 cm³/mol. The number of alkyl halides is 3. The van der Waals surface area contributed by atoms with Gasteiger partial charge in [-0.1, -0.05) is 24.3 Å². The second-order valence-electron chi connectivity index (χ2n) is 5.95. The quantitative estimate of drug-likeness (QED) is 0.612. The second-order valence-corrected chi connectivity index (χ2v) is 5.95. The van der Waals surface area contributed by atoms with Gasteiger partial charge in [0.25, 0.3) is 11.9 Å². The molecule has 1 amide bonds. The minimum atomic E-state index is -4.54.